The van der Waals surface area contributed by atoms with Gasteiger partial charge in [-0.1, -0.05) is 32.9 Å². The smallest absolute Gasteiger partial charge is 0.320 e. The van der Waals surface area contributed by atoms with Crippen molar-refractivity contribution in [2.75, 3.05) is 5.32 Å². The zero-order valence-corrected chi connectivity index (χ0v) is 16.7. The molecule has 3 aromatic rings. The van der Waals surface area contributed by atoms with E-state index in [0.29, 0.717) is 11.5 Å². The fourth-order valence-corrected chi connectivity index (χ4v) is 2.98. The second-order valence-electron chi connectivity index (χ2n) is 7.96. The molecule has 0 aliphatic carbocycles. The van der Waals surface area contributed by atoms with Gasteiger partial charge in [-0.05, 0) is 35.6 Å². The van der Waals surface area contributed by atoms with Crippen LogP contribution in [0.3, 0.4) is 0 Å². The lowest BCUT2D eigenvalue weighted by Crippen LogP contribution is -2.35. The first-order valence-corrected chi connectivity index (χ1v) is 9.25. The maximum absolute atomic E-state index is 12.7. The number of nitrogens with one attached hydrogen (secondary N) is 2. The van der Waals surface area contributed by atoms with E-state index in [9.17, 15) is 4.79 Å². The lowest BCUT2D eigenvalue weighted by Gasteiger charge is -2.27. The van der Waals surface area contributed by atoms with Crippen LogP contribution in [-0.2, 0) is 7.05 Å². The van der Waals surface area contributed by atoms with Gasteiger partial charge >= 0.3 is 6.03 Å². The molecule has 0 fully saturated rings. The fourth-order valence-electron chi connectivity index (χ4n) is 2.98. The first-order valence-electron chi connectivity index (χ1n) is 9.25. The molecule has 2 N–H and O–H groups in total. The summed E-state index contributed by atoms with van der Waals surface area (Å²) >= 11 is 0. The van der Waals surface area contributed by atoms with Crippen molar-refractivity contribution >= 4 is 11.8 Å². The highest BCUT2D eigenvalue weighted by Crippen LogP contribution is 2.29. The Bertz CT molecular complexity index is 915. The number of urea groups is 1. The van der Waals surface area contributed by atoms with Gasteiger partial charge in [-0.3, -0.25) is 20.0 Å². The Morgan fingerprint density at radius 2 is 1.96 bits per heavy atom. The van der Waals surface area contributed by atoms with Crippen LogP contribution in [0.5, 0.6) is 0 Å². The third kappa shape index (κ3) is 5.16. The van der Waals surface area contributed by atoms with Crippen LogP contribution in [0.1, 0.15) is 38.8 Å². The van der Waals surface area contributed by atoms with Gasteiger partial charge in [0, 0.05) is 31.7 Å². The summed E-state index contributed by atoms with van der Waals surface area (Å²) in [5.74, 6) is 0.596. The van der Waals surface area contributed by atoms with Gasteiger partial charge in [-0.2, -0.15) is 5.10 Å². The number of nitrogens with zero attached hydrogens (tertiary/aromatic N) is 4. The number of carbonyl (C=O) groups excluding carboxylic acids is 1. The van der Waals surface area contributed by atoms with Crippen LogP contribution < -0.4 is 10.6 Å². The third-order valence-corrected chi connectivity index (χ3v) is 4.26. The number of rotatable bonds is 5. The maximum Gasteiger partial charge on any atom is 0.320 e. The Labute approximate surface area is 165 Å². The molecule has 7 heteroatoms. The second kappa shape index (κ2) is 8.21. The van der Waals surface area contributed by atoms with Crippen LogP contribution in [0.15, 0.2) is 55.0 Å². The van der Waals surface area contributed by atoms with Crippen LogP contribution in [0.4, 0.5) is 10.6 Å². The molecule has 2 amide bonds. The molecular formula is C21H26N6O. The van der Waals surface area contributed by atoms with E-state index < -0.39 is 0 Å². The number of aryl methyl sites for hydroxylation is 1. The van der Waals surface area contributed by atoms with E-state index in [1.165, 1.54) is 0 Å². The minimum atomic E-state index is -0.284. The number of amides is 2. The van der Waals surface area contributed by atoms with E-state index in [4.69, 9.17) is 0 Å². The molecule has 3 rings (SSSR count). The molecular weight excluding hydrogens is 352 g/mol. The summed E-state index contributed by atoms with van der Waals surface area (Å²) in [7, 11) is 1.79. The summed E-state index contributed by atoms with van der Waals surface area (Å²) in [4.78, 5) is 21.2. The molecule has 0 aliphatic heterocycles. The van der Waals surface area contributed by atoms with Crippen molar-refractivity contribution in [1.29, 1.82) is 0 Å². The first-order chi connectivity index (χ1) is 13.3. The quantitative estimate of drug-likeness (QED) is 0.698. The Morgan fingerprint density at radius 3 is 2.61 bits per heavy atom. The molecule has 0 saturated carbocycles. The molecule has 3 aromatic heterocycles. The average molecular weight is 378 g/mol. The molecule has 0 bridgehead atoms. The normalized spacial score (nSPS) is 12.4. The van der Waals surface area contributed by atoms with E-state index >= 15 is 0 Å². The fraction of sp³-hybridized carbons (Fsp3) is 0.333. The number of aromatic nitrogens is 4. The summed E-state index contributed by atoms with van der Waals surface area (Å²) in [6.07, 6.45) is 6.03. The molecule has 0 aliphatic rings. The lowest BCUT2D eigenvalue weighted by molar-refractivity contribution is 0.241. The predicted octanol–water partition coefficient (Wildman–Crippen LogP) is 4.18. The van der Waals surface area contributed by atoms with Gasteiger partial charge < -0.3 is 5.32 Å². The maximum atomic E-state index is 12.7. The minimum absolute atomic E-state index is 0.0481. The topological polar surface area (TPSA) is 84.7 Å². The predicted molar refractivity (Wildman–Crippen MR) is 110 cm³/mol. The summed E-state index contributed by atoms with van der Waals surface area (Å²) in [6.45, 7) is 6.45. The Kier molecular flexibility index (Phi) is 5.73. The highest BCUT2D eigenvalue weighted by Gasteiger charge is 2.22. The molecule has 0 aromatic carbocycles. The molecule has 7 nitrogen and oxygen atoms in total. The van der Waals surface area contributed by atoms with Gasteiger partial charge in [-0.15, -0.1) is 0 Å². The standard InChI is InChI=1S/C21H26N6O/c1-21(2,3)13-18(15-8-7-10-22-14-15)24-20(28)25-19-12-17(26-27(19)4)16-9-5-6-11-23-16/h5-12,14,18H,13H2,1-4H3,(H2,24,25,28)/t18-/m0/s1. The van der Waals surface area contributed by atoms with E-state index in [1.54, 1.807) is 30.3 Å². The van der Waals surface area contributed by atoms with E-state index in [-0.39, 0.29) is 17.5 Å². The van der Waals surface area contributed by atoms with Gasteiger partial charge in [0.1, 0.15) is 11.5 Å². The highest BCUT2D eigenvalue weighted by atomic mass is 16.2. The zero-order valence-electron chi connectivity index (χ0n) is 16.7. The SMILES string of the molecule is Cn1nc(-c2ccccn2)cc1NC(=O)N[C@@H](CC(C)(C)C)c1cccnc1. The van der Waals surface area contributed by atoms with Crippen LogP contribution in [0, 0.1) is 5.41 Å². The number of pyridine rings is 2. The van der Waals surface area contributed by atoms with Gasteiger partial charge in [0.15, 0.2) is 0 Å². The summed E-state index contributed by atoms with van der Waals surface area (Å²) in [5.41, 5.74) is 2.49. The van der Waals surface area contributed by atoms with Crippen molar-refractivity contribution in [3.8, 4) is 11.4 Å². The van der Waals surface area contributed by atoms with Crippen molar-refractivity contribution in [3.63, 3.8) is 0 Å². The summed E-state index contributed by atoms with van der Waals surface area (Å²) in [5, 5.41) is 10.4. The van der Waals surface area contributed by atoms with Crippen LogP contribution in [-0.4, -0.2) is 25.8 Å². The van der Waals surface area contributed by atoms with Gasteiger partial charge in [0.05, 0.1) is 11.7 Å². The Morgan fingerprint density at radius 1 is 1.14 bits per heavy atom. The molecule has 28 heavy (non-hydrogen) atoms. The Hall–Kier alpha value is -3.22. The first kappa shape index (κ1) is 19.5. The monoisotopic (exact) mass is 378 g/mol. The van der Waals surface area contributed by atoms with Gasteiger partial charge in [0.25, 0.3) is 0 Å². The number of anilines is 1. The van der Waals surface area contributed by atoms with Crippen LogP contribution in [0.25, 0.3) is 11.4 Å². The average Bonchev–Trinajstić information content (AvgIpc) is 3.02. The van der Waals surface area contributed by atoms with E-state index in [2.05, 4.69) is 46.5 Å². The summed E-state index contributed by atoms with van der Waals surface area (Å²) in [6, 6.07) is 10.9. The van der Waals surface area contributed by atoms with E-state index in [1.807, 2.05) is 36.4 Å². The van der Waals surface area contributed by atoms with Crippen molar-refractivity contribution < 1.29 is 4.79 Å². The van der Waals surface area contributed by atoms with E-state index in [0.717, 1.165) is 17.7 Å². The lowest BCUT2D eigenvalue weighted by atomic mass is 9.86. The summed E-state index contributed by atoms with van der Waals surface area (Å²) < 4.78 is 1.63. The molecule has 1 atom stereocenters. The third-order valence-electron chi connectivity index (χ3n) is 4.26. The number of carbonyl (C=O) groups is 1. The Balaban J connectivity index is 1.74. The molecule has 3 heterocycles. The minimum Gasteiger partial charge on any atom is -0.331 e. The van der Waals surface area contributed by atoms with Crippen molar-refractivity contribution in [2.24, 2.45) is 12.5 Å². The van der Waals surface area contributed by atoms with Crippen molar-refractivity contribution in [1.82, 2.24) is 25.1 Å². The number of hydrogen-bond acceptors (Lipinski definition) is 4. The highest BCUT2D eigenvalue weighted by molar-refractivity contribution is 5.89. The number of hydrogen-bond donors (Lipinski definition) is 2. The van der Waals surface area contributed by atoms with Crippen LogP contribution in [0.2, 0.25) is 0 Å². The zero-order chi connectivity index (χ0) is 20.1. The van der Waals surface area contributed by atoms with Crippen molar-refractivity contribution in [2.45, 2.75) is 33.2 Å². The van der Waals surface area contributed by atoms with Crippen LogP contribution >= 0.6 is 0 Å². The largest absolute Gasteiger partial charge is 0.331 e. The molecule has 146 valence electrons. The van der Waals surface area contributed by atoms with Crippen molar-refractivity contribution in [3.05, 3.63) is 60.6 Å². The molecule has 0 saturated heterocycles. The molecule has 0 spiro atoms. The molecule has 0 unspecified atom stereocenters. The van der Waals surface area contributed by atoms with Gasteiger partial charge in [-0.25, -0.2) is 4.79 Å². The second-order valence-corrected chi connectivity index (χ2v) is 7.96. The molecule has 0 radical (unpaired) electrons. The van der Waals surface area contributed by atoms with Gasteiger partial charge in [0.2, 0.25) is 0 Å².